The number of nitrogens with zero attached hydrogens (tertiary/aromatic N) is 1. The number of likely N-dealkylation sites (N-methyl/N-ethyl adjacent to an activating group) is 1. The van der Waals surface area contributed by atoms with Crippen LogP contribution in [-0.2, 0) is 18.7 Å². The van der Waals surface area contributed by atoms with Gasteiger partial charge in [-0.25, -0.2) is 4.57 Å². The van der Waals surface area contributed by atoms with Gasteiger partial charge in [-0.05, 0) is 19.3 Å². The van der Waals surface area contributed by atoms with E-state index in [9.17, 15) is 23.9 Å². The Morgan fingerprint density at radius 3 is 1.13 bits per heavy atom. The molecule has 0 aliphatic rings. The molecule has 7 nitrogen and oxygen atoms in total. The average Bonchev–Trinajstić information content (AvgIpc) is 2.99. The second kappa shape index (κ2) is 28.1. The number of quaternary nitrogens is 1. The molecule has 47 heavy (non-hydrogen) atoms. The van der Waals surface area contributed by atoms with E-state index in [1.54, 1.807) is 6.92 Å². The van der Waals surface area contributed by atoms with Crippen molar-refractivity contribution in [2.24, 2.45) is 0 Å². The van der Waals surface area contributed by atoms with Gasteiger partial charge in [-0.3, -0.25) is 14.1 Å². The highest BCUT2D eigenvalue weighted by atomic mass is 31.2. The summed E-state index contributed by atoms with van der Waals surface area (Å²) in [6, 6.07) is -0.980. The molecule has 0 aliphatic carbocycles. The predicted octanol–water partition coefficient (Wildman–Crippen LogP) is 11.4. The van der Waals surface area contributed by atoms with Crippen LogP contribution < -0.4 is 0 Å². The van der Waals surface area contributed by atoms with Crippen LogP contribution in [0.4, 0.5) is 0 Å². The Hall–Kier alpha value is -0.590. The number of carbonyl (C=O) groups excluding carboxylic acids is 2. The van der Waals surface area contributed by atoms with Gasteiger partial charge in [0.25, 0.3) is 0 Å². The number of Topliss-reactive ketones (excluding diaryl/α,β-unsaturated/α-hetero) is 2. The van der Waals surface area contributed by atoms with Crippen molar-refractivity contribution >= 4 is 19.4 Å². The molecule has 0 aliphatic heterocycles. The van der Waals surface area contributed by atoms with Crippen molar-refractivity contribution < 1.29 is 32.9 Å². The lowest BCUT2D eigenvalue weighted by Gasteiger charge is -2.44. The number of rotatable bonds is 35. The molecule has 0 aromatic rings. The van der Waals surface area contributed by atoms with Crippen molar-refractivity contribution in [3.63, 3.8) is 0 Å². The Kier molecular flexibility index (Phi) is 27.8. The fourth-order valence-corrected chi connectivity index (χ4v) is 7.96. The minimum Gasteiger partial charge on any atom is -0.319 e. The van der Waals surface area contributed by atoms with Crippen LogP contribution in [0.2, 0.25) is 0 Å². The van der Waals surface area contributed by atoms with Crippen LogP contribution >= 0.6 is 7.82 Å². The minimum absolute atomic E-state index is 0.0416. The maximum Gasteiger partial charge on any atom is 0.470 e. The lowest BCUT2D eigenvalue weighted by Crippen LogP contribution is -2.66. The number of ketones is 2. The van der Waals surface area contributed by atoms with Crippen LogP contribution in [0.15, 0.2) is 0 Å². The van der Waals surface area contributed by atoms with Crippen LogP contribution in [-0.4, -0.2) is 58.6 Å². The Bertz CT molecular complexity index is 823. The molecule has 2 atom stereocenters. The van der Waals surface area contributed by atoms with Crippen molar-refractivity contribution in [1.29, 1.82) is 0 Å². The van der Waals surface area contributed by atoms with Crippen molar-refractivity contribution in [1.82, 2.24) is 0 Å². The maximum atomic E-state index is 13.8. The van der Waals surface area contributed by atoms with Crippen LogP contribution in [0, 0.1) is 0 Å². The highest BCUT2D eigenvalue weighted by Crippen LogP contribution is 2.47. The predicted molar refractivity (Wildman–Crippen MR) is 199 cm³/mol. The van der Waals surface area contributed by atoms with Crippen molar-refractivity contribution in [2.75, 3.05) is 21.1 Å². The second-order valence-corrected chi connectivity index (χ2v) is 16.4. The standard InChI is InChI=1S/C39H78NO6P/c1-7-10-12-14-16-18-20-22-24-26-28-30-32-34-36(41)38(40(4,5)6)39(9-3,46-47(43,44)45)37(42)35-33-31-29-27-25-23-21-19-17-15-13-11-8-2/h38H,7-35H2,1-6H3,(H-,43,44,45)/p+1. The zero-order chi connectivity index (χ0) is 35.4. The molecule has 2 N–H and O–H groups in total. The van der Waals surface area contributed by atoms with Crippen LogP contribution in [0.3, 0.4) is 0 Å². The van der Waals surface area contributed by atoms with Gasteiger partial charge in [0.1, 0.15) is 0 Å². The quantitative estimate of drug-likeness (QED) is 0.0390. The van der Waals surface area contributed by atoms with E-state index in [0.29, 0.717) is 6.42 Å². The molecule has 0 saturated heterocycles. The number of phosphoric ester groups is 1. The summed E-state index contributed by atoms with van der Waals surface area (Å²) in [5.41, 5.74) is -1.85. The summed E-state index contributed by atoms with van der Waals surface area (Å²) in [5.74, 6) is -0.502. The van der Waals surface area contributed by atoms with Crippen molar-refractivity contribution in [3.05, 3.63) is 0 Å². The Balaban J connectivity index is 4.83. The van der Waals surface area contributed by atoms with E-state index >= 15 is 0 Å². The molecule has 0 spiro atoms. The monoisotopic (exact) mass is 689 g/mol. The largest absolute Gasteiger partial charge is 0.470 e. The van der Waals surface area contributed by atoms with Crippen LogP contribution in [0.1, 0.15) is 207 Å². The van der Waals surface area contributed by atoms with Gasteiger partial charge in [0.2, 0.25) is 0 Å². The van der Waals surface area contributed by atoms with Gasteiger partial charge in [-0.1, -0.05) is 175 Å². The number of unbranched alkanes of at least 4 members (excludes halogenated alkanes) is 24. The fraction of sp³-hybridized carbons (Fsp3) is 0.949. The molecule has 0 rings (SSSR count). The Morgan fingerprint density at radius 1 is 0.553 bits per heavy atom. The summed E-state index contributed by atoms with van der Waals surface area (Å²) in [6.45, 7) is 6.20. The topological polar surface area (TPSA) is 101 Å². The SMILES string of the molecule is CCCCCCCCCCCCCCCC(=O)C(C(CC)(OP(=O)(O)O)C(=O)CCCCCCCCCCCCCCC)[N+](C)(C)C. The van der Waals surface area contributed by atoms with Crippen molar-refractivity contribution in [3.8, 4) is 0 Å². The van der Waals surface area contributed by atoms with Crippen LogP contribution in [0.5, 0.6) is 0 Å². The number of hydrogen-bond donors (Lipinski definition) is 2. The lowest BCUT2D eigenvalue weighted by molar-refractivity contribution is -0.892. The van der Waals surface area contributed by atoms with Gasteiger partial charge in [0, 0.05) is 12.8 Å². The first-order valence-electron chi connectivity index (χ1n) is 20.0. The van der Waals surface area contributed by atoms with Gasteiger partial charge in [0.15, 0.2) is 23.2 Å². The third kappa shape index (κ3) is 23.4. The van der Waals surface area contributed by atoms with Crippen molar-refractivity contribution in [2.45, 2.75) is 219 Å². The van der Waals surface area contributed by atoms with E-state index in [1.165, 1.54) is 122 Å². The smallest absolute Gasteiger partial charge is 0.319 e. The molecule has 0 bridgehead atoms. The zero-order valence-corrected chi connectivity index (χ0v) is 32.9. The van der Waals surface area contributed by atoms with Gasteiger partial charge in [0.05, 0.1) is 21.1 Å². The summed E-state index contributed by atoms with van der Waals surface area (Å²) in [7, 11) is 0.418. The highest BCUT2D eigenvalue weighted by Gasteiger charge is 2.57. The molecule has 0 radical (unpaired) electrons. The molecule has 8 heteroatoms. The molecule has 0 saturated carbocycles. The van der Waals surface area contributed by atoms with E-state index in [4.69, 9.17) is 4.52 Å². The first kappa shape index (κ1) is 46.4. The first-order valence-corrected chi connectivity index (χ1v) is 21.5. The van der Waals surface area contributed by atoms with Gasteiger partial charge >= 0.3 is 7.82 Å². The molecule has 0 amide bonds. The summed E-state index contributed by atoms with van der Waals surface area (Å²) < 4.78 is 17.7. The van der Waals surface area contributed by atoms with Gasteiger partial charge in [-0.2, -0.15) is 0 Å². The molecule has 2 unspecified atom stereocenters. The average molecular weight is 689 g/mol. The minimum atomic E-state index is -5.04. The van der Waals surface area contributed by atoms with E-state index in [0.717, 1.165) is 38.5 Å². The molecule has 280 valence electrons. The van der Waals surface area contributed by atoms with E-state index in [-0.39, 0.29) is 35.3 Å². The Labute approximate surface area is 291 Å². The number of phosphoric acid groups is 1. The third-order valence-electron chi connectivity index (χ3n) is 9.83. The summed E-state index contributed by atoms with van der Waals surface area (Å²) >= 11 is 0. The zero-order valence-electron chi connectivity index (χ0n) is 32.0. The molecule has 0 aromatic heterocycles. The summed E-state index contributed by atoms with van der Waals surface area (Å²) in [6.07, 6.45) is 31.7. The molecule has 0 heterocycles. The van der Waals surface area contributed by atoms with Crippen LogP contribution in [0.25, 0.3) is 0 Å². The normalized spacial score (nSPS) is 14.3. The maximum absolute atomic E-state index is 13.8. The van der Waals surface area contributed by atoms with E-state index < -0.39 is 19.5 Å². The van der Waals surface area contributed by atoms with E-state index in [1.807, 2.05) is 21.1 Å². The molecule has 0 aromatic carbocycles. The second-order valence-electron chi connectivity index (χ2n) is 15.2. The first-order chi connectivity index (χ1) is 22.4. The third-order valence-corrected chi connectivity index (χ3v) is 10.4. The van der Waals surface area contributed by atoms with Gasteiger partial charge < -0.3 is 14.3 Å². The van der Waals surface area contributed by atoms with E-state index in [2.05, 4.69) is 13.8 Å². The Morgan fingerprint density at radius 2 is 0.851 bits per heavy atom. The highest BCUT2D eigenvalue weighted by molar-refractivity contribution is 7.46. The fourth-order valence-electron chi connectivity index (χ4n) is 7.21. The number of hydrogen-bond acceptors (Lipinski definition) is 4. The molecular weight excluding hydrogens is 609 g/mol. The summed E-state index contributed by atoms with van der Waals surface area (Å²) in [5, 5.41) is 0. The van der Waals surface area contributed by atoms with Gasteiger partial charge in [-0.15, -0.1) is 0 Å². The lowest BCUT2D eigenvalue weighted by atomic mass is 9.79. The molecular formula is C39H79NO6P+. The molecule has 0 fully saturated rings. The number of carbonyl (C=O) groups is 2. The summed E-state index contributed by atoms with van der Waals surface area (Å²) in [4.78, 5) is 47.5.